The summed E-state index contributed by atoms with van der Waals surface area (Å²) < 4.78 is 5.11. The molecule has 1 N–H and O–H groups in total. The SMILES string of the molecule is COc1ccc(N2C(=O)[C@@H]3N=NN(CC(=O)Nc4cc(C)cc(C)c4)[C@H]3C2=O)cc1Cl. The maximum atomic E-state index is 13.0. The molecule has 2 aliphatic rings. The number of aryl methyl sites for hydroxylation is 2. The second-order valence-corrected chi connectivity index (χ2v) is 7.85. The van der Waals surface area contributed by atoms with Gasteiger partial charge in [-0.15, -0.1) is 0 Å². The number of hydrogen-bond donors (Lipinski definition) is 1. The fourth-order valence-corrected chi connectivity index (χ4v) is 4.05. The van der Waals surface area contributed by atoms with Crippen LogP contribution in [-0.4, -0.2) is 48.5 Å². The molecule has 31 heavy (non-hydrogen) atoms. The number of rotatable bonds is 5. The number of fused-ring (bicyclic) bond motifs is 1. The van der Waals surface area contributed by atoms with Gasteiger partial charge in [0.2, 0.25) is 5.91 Å². The highest BCUT2D eigenvalue weighted by Gasteiger charge is 2.55. The first-order chi connectivity index (χ1) is 14.8. The minimum atomic E-state index is -0.998. The maximum Gasteiger partial charge on any atom is 0.263 e. The standard InChI is InChI=1S/C21H20ClN5O4/c1-11-6-12(2)8-13(7-11)23-17(28)10-26-19-18(24-25-26)20(29)27(21(19)30)14-4-5-16(31-3)15(22)9-14/h4-9,18-19H,10H2,1-3H3,(H,23,28)/t18-,19-/m1/s1. The predicted octanol–water partition coefficient (Wildman–Crippen LogP) is 2.90. The van der Waals surface area contributed by atoms with Gasteiger partial charge in [0.1, 0.15) is 12.3 Å². The van der Waals surface area contributed by atoms with Crippen molar-refractivity contribution in [2.45, 2.75) is 25.9 Å². The minimum absolute atomic E-state index is 0.214. The molecular weight excluding hydrogens is 422 g/mol. The molecule has 2 aromatic rings. The van der Waals surface area contributed by atoms with Crippen LogP contribution in [0.2, 0.25) is 5.02 Å². The van der Waals surface area contributed by atoms with E-state index < -0.39 is 23.9 Å². The summed E-state index contributed by atoms with van der Waals surface area (Å²) in [5, 5.41) is 12.1. The Hall–Kier alpha value is -3.46. The number of carbonyl (C=O) groups is 3. The van der Waals surface area contributed by atoms with E-state index in [0.29, 0.717) is 17.1 Å². The topological polar surface area (TPSA) is 104 Å². The summed E-state index contributed by atoms with van der Waals surface area (Å²) in [6, 6.07) is 8.33. The average Bonchev–Trinajstić information content (AvgIpc) is 3.20. The molecule has 3 amide bonds. The van der Waals surface area contributed by atoms with Crippen molar-refractivity contribution >= 4 is 40.7 Å². The number of hydrogen-bond acceptors (Lipinski definition) is 7. The lowest BCUT2D eigenvalue weighted by Gasteiger charge is -2.20. The number of halogens is 1. The van der Waals surface area contributed by atoms with Crippen molar-refractivity contribution in [3.05, 3.63) is 52.5 Å². The van der Waals surface area contributed by atoms with Gasteiger partial charge >= 0.3 is 0 Å². The third-order valence-corrected chi connectivity index (χ3v) is 5.36. The first-order valence-electron chi connectivity index (χ1n) is 9.55. The molecule has 10 heteroatoms. The maximum absolute atomic E-state index is 13.0. The summed E-state index contributed by atoms with van der Waals surface area (Å²) in [6.45, 7) is 3.66. The molecule has 2 heterocycles. The number of amides is 3. The molecule has 0 saturated carbocycles. The van der Waals surface area contributed by atoms with Gasteiger partial charge in [0.05, 0.1) is 17.8 Å². The molecule has 0 bridgehead atoms. The van der Waals surface area contributed by atoms with Crippen LogP contribution in [0.5, 0.6) is 5.75 Å². The Morgan fingerprint density at radius 1 is 1.13 bits per heavy atom. The van der Waals surface area contributed by atoms with E-state index in [1.165, 1.54) is 18.2 Å². The van der Waals surface area contributed by atoms with Crippen LogP contribution in [0, 0.1) is 13.8 Å². The van der Waals surface area contributed by atoms with Crippen molar-refractivity contribution in [2.24, 2.45) is 10.3 Å². The smallest absolute Gasteiger partial charge is 0.263 e. The highest BCUT2D eigenvalue weighted by molar-refractivity contribution is 6.33. The number of anilines is 2. The summed E-state index contributed by atoms with van der Waals surface area (Å²) >= 11 is 6.14. The first kappa shape index (κ1) is 20.8. The van der Waals surface area contributed by atoms with Gasteiger partial charge in [0.25, 0.3) is 11.8 Å². The van der Waals surface area contributed by atoms with Crippen LogP contribution in [0.4, 0.5) is 11.4 Å². The highest BCUT2D eigenvalue weighted by atomic mass is 35.5. The molecule has 0 radical (unpaired) electrons. The molecule has 160 valence electrons. The van der Waals surface area contributed by atoms with Crippen LogP contribution in [0.3, 0.4) is 0 Å². The van der Waals surface area contributed by atoms with Gasteiger partial charge in [0, 0.05) is 5.69 Å². The highest BCUT2D eigenvalue weighted by Crippen LogP contribution is 2.35. The van der Waals surface area contributed by atoms with E-state index in [0.717, 1.165) is 16.0 Å². The number of benzene rings is 2. The van der Waals surface area contributed by atoms with Crippen LogP contribution in [0.15, 0.2) is 46.7 Å². The van der Waals surface area contributed by atoms with Crippen molar-refractivity contribution in [3.8, 4) is 5.75 Å². The number of ether oxygens (including phenoxy) is 1. The Bertz CT molecular complexity index is 1100. The monoisotopic (exact) mass is 441 g/mol. The zero-order chi connectivity index (χ0) is 22.3. The molecular formula is C21H20ClN5O4. The number of nitrogens with one attached hydrogen (secondary N) is 1. The van der Waals surface area contributed by atoms with Gasteiger partial charge in [-0.05, 0) is 55.3 Å². The van der Waals surface area contributed by atoms with Crippen LogP contribution in [0.1, 0.15) is 11.1 Å². The van der Waals surface area contributed by atoms with Crippen molar-refractivity contribution in [1.82, 2.24) is 5.01 Å². The Morgan fingerprint density at radius 2 is 1.84 bits per heavy atom. The van der Waals surface area contributed by atoms with Crippen LogP contribution in [0.25, 0.3) is 0 Å². The number of methoxy groups -OCH3 is 1. The quantitative estimate of drug-likeness (QED) is 0.718. The van der Waals surface area contributed by atoms with E-state index in [1.807, 2.05) is 32.0 Å². The zero-order valence-electron chi connectivity index (χ0n) is 17.1. The Labute approximate surface area is 183 Å². The van der Waals surface area contributed by atoms with Crippen LogP contribution < -0.4 is 15.0 Å². The zero-order valence-corrected chi connectivity index (χ0v) is 17.9. The first-order valence-corrected chi connectivity index (χ1v) is 9.93. The van der Waals surface area contributed by atoms with Gasteiger partial charge in [-0.2, -0.15) is 5.11 Å². The number of nitrogens with zero attached hydrogens (tertiary/aromatic N) is 4. The second kappa shape index (κ2) is 7.99. The minimum Gasteiger partial charge on any atom is -0.495 e. The molecule has 9 nitrogen and oxygen atoms in total. The summed E-state index contributed by atoms with van der Waals surface area (Å²) in [7, 11) is 1.47. The van der Waals surface area contributed by atoms with Crippen molar-refractivity contribution in [3.63, 3.8) is 0 Å². The molecule has 0 aliphatic carbocycles. The fraction of sp³-hybridized carbons (Fsp3) is 0.286. The van der Waals surface area contributed by atoms with Gasteiger partial charge in [-0.25, -0.2) is 4.90 Å². The largest absolute Gasteiger partial charge is 0.495 e. The molecule has 2 aromatic carbocycles. The second-order valence-electron chi connectivity index (χ2n) is 7.45. The lowest BCUT2D eigenvalue weighted by Crippen LogP contribution is -2.43. The Morgan fingerprint density at radius 3 is 2.48 bits per heavy atom. The molecule has 0 unspecified atom stereocenters. The van der Waals surface area contributed by atoms with Gasteiger partial charge < -0.3 is 10.1 Å². The summed E-state index contributed by atoms with van der Waals surface area (Å²) in [5.41, 5.74) is 2.99. The third-order valence-electron chi connectivity index (χ3n) is 5.06. The van der Waals surface area contributed by atoms with E-state index >= 15 is 0 Å². The third kappa shape index (κ3) is 3.84. The van der Waals surface area contributed by atoms with E-state index in [9.17, 15) is 14.4 Å². The van der Waals surface area contributed by atoms with Crippen molar-refractivity contribution in [1.29, 1.82) is 0 Å². The molecule has 0 aromatic heterocycles. The molecule has 1 saturated heterocycles. The summed E-state index contributed by atoms with van der Waals surface area (Å²) in [4.78, 5) is 39.4. The van der Waals surface area contributed by atoms with Crippen molar-refractivity contribution < 1.29 is 19.1 Å². The van der Waals surface area contributed by atoms with Gasteiger partial charge in [0.15, 0.2) is 12.1 Å². The van der Waals surface area contributed by atoms with Gasteiger partial charge in [-0.1, -0.05) is 22.9 Å². The van der Waals surface area contributed by atoms with Crippen LogP contribution in [-0.2, 0) is 14.4 Å². The van der Waals surface area contributed by atoms with Crippen molar-refractivity contribution in [2.75, 3.05) is 23.9 Å². The molecule has 4 rings (SSSR count). The van der Waals surface area contributed by atoms with E-state index in [4.69, 9.17) is 16.3 Å². The Balaban J connectivity index is 1.50. The summed E-state index contributed by atoms with van der Waals surface area (Å²) in [5.74, 6) is -0.970. The van der Waals surface area contributed by atoms with E-state index in [-0.39, 0.29) is 17.5 Å². The lowest BCUT2D eigenvalue weighted by atomic mass is 10.1. The number of imide groups is 1. The predicted molar refractivity (Wildman–Crippen MR) is 114 cm³/mol. The number of carbonyl (C=O) groups excluding carboxylic acids is 3. The van der Waals surface area contributed by atoms with Gasteiger partial charge in [-0.3, -0.25) is 19.4 Å². The molecule has 2 atom stereocenters. The van der Waals surface area contributed by atoms with E-state index in [2.05, 4.69) is 15.7 Å². The fourth-order valence-electron chi connectivity index (χ4n) is 3.80. The lowest BCUT2D eigenvalue weighted by molar-refractivity contribution is -0.123. The normalized spacial score (nSPS) is 19.7. The van der Waals surface area contributed by atoms with Crippen LogP contribution >= 0.6 is 11.6 Å². The molecule has 0 spiro atoms. The summed E-state index contributed by atoms with van der Waals surface area (Å²) in [6.07, 6.45) is 0. The molecule has 2 aliphatic heterocycles. The van der Waals surface area contributed by atoms with E-state index in [1.54, 1.807) is 12.1 Å². The Kier molecular flexibility index (Phi) is 5.36. The molecule has 1 fully saturated rings. The average molecular weight is 442 g/mol.